The number of carboxylic acids is 1. The Bertz CT molecular complexity index is 678. The minimum absolute atomic E-state index is 0.0878. The first-order valence-electron chi connectivity index (χ1n) is 5.92. The molecule has 0 fully saturated rings. The number of ether oxygens (including phenoxy) is 1. The van der Waals surface area contributed by atoms with Crippen LogP contribution < -0.4 is 4.74 Å². The number of hydrogen-bond donors (Lipinski definition) is 1. The van der Waals surface area contributed by atoms with E-state index < -0.39 is 17.7 Å². The summed E-state index contributed by atoms with van der Waals surface area (Å²) in [5.41, 5.74) is -0.688. The molecule has 2 rings (SSSR count). The Labute approximate surface area is 118 Å². The van der Waals surface area contributed by atoms with Gasteiger partial charge in [-0.05, 0) is 29.8 Å². The van der Waals surface area contributed by atoms with Crippen LogP contribution in [-0.4, -0.2) is 18.2 Å². The Morgan fingerprint density at radius 3 is 2.33 bits per heavy atom. The van der Waals surface area contributed by atoms with Crippen LogP contribution in [0.3, 0.4) is 0 Å². The summed E-state index contributed by atoms with van der Waals surface area (Å²) in [6.45, 7) is 0. The molecule has 2 aromatic rings. The maximum Gasteiger partial charge on any atom is 0.416 e. The average Bonchev–Trinajstić information content (AvgIpc) is 2.45. The summed E-state index contributed by atoms with van der Waals surface area (Å²) in [5, 5.41) is 9.16. The zero-order chi connectivity index (χ0) is 15.6. The van der Waals surface area contributed by atoms with E-state index in [2.05, 4.69) is 0 Å². The first-order valence-corrected chi connectivity index (χ1v) is 5.92. The number of alkyl halides is 3. The maximum absolute atomic E-state index is 12.8. The molecule has 0 atom stereocenters. The van der Waals surface area contributed by atoms with Crippen molar-refractivity contribution in [3.63, 3.8) is 0 Å². The van der Waals surface area contributed by atoms with E-state index in [9.17, 15) is 18.0 Å². The number of carboxylic acid groups (broad SMARTS) is 1. The van der Waals surface area contributed by atoms with E-state index >= 15 is 0 Å². The van der Waals surface area contributed by atoms with Crippen molar-refractivity contribution < 1.29 is 27.8 Å². The Kier molecular flexibility index (Phi) is 3.88. The van der Waals surface area contributed by atoms with Gasteiger partial charge in [0.1, 0.15) is 5.75 Å². The summed E-state index contributed by atoms with van der Waals surface area (Å²) in [7, 11) is 1.31. The summed E-state index contributed by atoms with van der Waals surface area (Å²) in [4.78, 5) is 11.2. The predicted octanol–water partition coefficient (Wildman–Crippen LogP) is 4.08. The number of carbonyl (C=O) groups is 1. The van der Waals surface area contributed by atoms with Crippen LogP contribution in [0.5, 0.6) is 5.75 Å². The molecule has 2 aromatic carbocycles. The Morgan fingerprint density at radius 2 is 1.76 bits per heavy atom. The van der Waals surface area contributed by atoms with Crippen LogP contribution in [-0.2, 0) is 6.18 Å². The largest absolute Gasteiger partial charge is 0.496 e. The molecular weight excluding hydrogens is 285 g/mol. The normalized spacial score (nSPS) is 11.2. The fourth-order valence-electron chi connectivity index (χ4n) is 2.00. The van der Waals surface area contributed by atoms with E-state index in [1.165, 1.54) is 31.4 Å². The highest BCUT2D eigenvalue weighted by molar-refractivity contribution is 5.97. The van der Waals surface area contributed by atoms with Gasteiger partial charge in [-0.2, -0.15) is 13.2 Å². The minimum Gasteiger partial charge on any atom is -0.496 e. The van der Waals surface area contributed by atoms with Gasteiger partial charge in [-0.15, -0.1) is 0 Å². The lowest BCUT2D eigenvalue weighted by molar-refractivity contribution is -0.137. The number of hydrogen-bond acceptors (Lipinski definition) is 2. The van der Waals surface area contributed by atoms with E-state index in [0.717, 1.165) is 12.1 Å². The summed E-state index contributed by atoms with van der Waals surface area (Å²) < 4.78 is 43.5. The molecule has 0 aromatic heterocycles. The van der Waals surface area contributed by atoms with Crippen molar-refractivity contribution in [1.29, 1.82) is 0 Å². The lowest BCUT2D eigenvalue weighted by Gasteiger charge is -2.14. The van der Waals surface area contributed by atoms with Crippen molar-refractivity contribution in [1.82, 2.24) is 0 Å². The minimum atomic E-state index is -4.51. The Balaban J connectivity index is 2.70. The molecule has 1 N–H and O–H groups in total. The molecule has 0 amide bonds. The van der Waals surface area contributed by atoms with Gasteiger partial charge in [-0.25, -0.2) is 4.79 Å². The third-order valence-electron chi connectivity index (χ3n) is 2.97. The molecule has 0 spiro atoms. The number of aromatic carboxylic acids is 1. The van der Waals surface area contributed by atoms with Crippen molar-refractivity contribution in [2.45, 2.75) is 6.18 Å². The molecule has 6 heteroatoms. The molecule has 0 aliphatic heterocycles. The highest BCUT2D eigenvalue weighted by Crippen LogP contribution is 2.38. The van der Waals surface area contributed by atoms with E-state index in [0.29, 0.717) is 0 Å². The summed E-state index contributed by atoms with van der Waals surface area (Å²) >= 11 is 0. The van der Waals surface area contributed by atoms with E-state index in [-0.39, 0.29) is 22.4 Å². The summed E-state index contributed by atoms with van der Waals surface area (Å²) in [5.74, 6) is -1.04. The zero-order valence-electron chi connectivity index (χ0n) is 10.9. The van der Waals surface area contributed by atoms with Gasteiger partial charge in [0.15, 0.2) is 0 Å². The summed E-state index contributed by atoms with van der Waals surface area (Å²) in [6, 6.07) is 8.80. The fraction of sp³-hybridized carbons (Fsp3) is 0.133. The molecule has 0 bridgehead atoms. The van der Waals surface area contributed by atoms with Gasteiger partial charge in [-0.1, -0.05) is 18.2 Å². The third-order valence-corrected chi connectivity index (χ3v) is 2.97. The molecule has 0 unspecified atom stereocenters. The predicted molar refractivity (Wildman–Crippen MR) is 70.4 cm³/mol. The van der Waals surface area contributed by atoms with Crippen LogP contribution in [0.15, 0.2) is 42.5 Å². The molecular formula is C15H11F3O3. The van der Waals surface area contributed by atoms with Crippen LogP contribution in [0, 0.1) is 0 Å². The van der Waals surface area contributed by atoms with Crippen LogP contribution >= 0.6 is 0 Å². The van der Waals surface area contributed by atoms with Gasteiger partial charge in [0.25, 0.3) is 0 Å². The zero-order valence-corrected chi connectivity index (χ0v) is 10.9. The fourth-order valence-corrected chi connectivity index (χ4v) is 2.00. The molecule has 0 heterocycles. The summed E-state index contributed by atoms with van der Waals surface area (Å²) in [6.07, 6.45) is -4.51. The van der Waals surface area contributed by atoms with E-state index in [1.54, 1.807) is 6.07 Å². The molecule has 0 aliphatic carbocycles. The van der Waals surface area contributed by atoms with Crippen LogP contribution in [0.1, 0.15) is 15.9 Å². The lowest BCUT2D eigenvalue weighted by Crippen LogP contribution is -2.06. The second-order valence-electron chi connectivity index (χ2n) is 4.26. The molecule has 110 valence electrons. The number of methoxy groups -OCH3 is 1. The van der Waals surface area contributed by atoms with Crippen molar-refractivity contribution in [2.75, 3.05) is 7.11 Å². The monoisotopic (exact) mass is 296 g/mol. The van der Waals surface area contributed by atoms with E-state index in [4.69, 9.17) is 9.84 Å². The van der Waals surface area contributed by atoms with Crippen molar-refractivity contribution in [3.8, 4) is 16.9 Å². The van der Waals surface area contributed by atoms with Crippen molar-refractivity contribution in [3.05, 3.63) is 53.6 Å². The van der Waals surface area contributed by atoms with Gasteiger partial charge in [-0.3, -0.25) is 0 Å². The SMILES string of the molecule is COc1ccc(C(F)(F)F)cc1-c1ccccc1C(=O)O. The first-order chi connectivity index (χ1) is 9.84. The van der Waals surface area contributed by atoms with Gasteiger partial charge in [0, 0.05) is 5.56 Å². The molecule has 3 nitrogen and oxygen atoms in total. The second kappa shape index (κ2) is 5.47. The quantitative estimate of drug-likeness (QED) is 0.928. The van der Waals surface area contributed by atoms with Gasteiger partial charge in [0.2, 0.25) is 0 Å². The Morgan fingerprint density at radius 1 is 1.10 bits per heavy atom. The van der Waals surface area contributed by atoms with Crippen molar-refractivity contribution in [2.24, 2.45) is 0 Å². The second-order valence-corrected chi connectivity index (χ2v) is 4.26. The molecule has 0 aliphatic rings. The van der Waals surface area contributed by atoms with Crippen LogP contribution in [0.25, 0.3) is 11.1 Å². The van der Waals surface area contributed by atoms with Gasteiger partial charge in [0.05, 0.1) is 18.2 Å². The standard InChI is InChI=1S/C15H11F3O3/c1-21-13-7-6-9(15(16,17)18)8-12(13)10-4-2-3-5-11(10)14(19)20/h2-8H,1H3,(H,19,20). The molecule has 21 heavy (non-hydrogen) atoms. The highest BCUT2D eigenvalue weighted by atomic mass is 19.4. The third kappa shape index (κ3) is 2.99. The maximum atomic E-state index is 12.8. The molecule has 0 saturated heterocycles. The van der Waals surface area contributed by atoms with E-state index in [1.807, 2.05) is 0 Å². The molecule has 0 saturated carbocycles. The van der Waals surface area contributed by atoms with Crippen LogP contribution in [0.2, 0.25) is 0 Å². The highest BCUT2D eigenvalue weighted by Gasteiger charge is 2.31. The average molecular weight is 296 g/mol. The lowest BCUT2D eigenvalue weighted by atomic mass is 9.97. The van der Waals surface area contributed by atoms with Gasteiger partial charge >= 0.3 is 12.1 Å². The Hall–Kier alpha value is -2.50. The van der Waals surface area contributed by atoms with Gasteiger partial charge < -0.3 is 9.84 Å². The number of benzene rings is 2. The number of halogens is 3. The van der Waals surface area contributed by atoms with Crippen molar-refractivity contribution >= 4 is 5.97 Å². The number of rotatable bonds is 3. The topological polar surface area (TPSA) is 46.5 Å². The smallest absolute Gasteiger partial charge is 0.416 e. The van der Waals surface area contributed by atoms with Crippen LogP contribution in [0.4, 0.5) is 13.2 Å². The first kappa shape index (κ1) is 14.9. The molecule has 0 radical (unpaired) electrons.